The second-order valence-electron chi connectivity index (χ2n) is 8.39. The minimum atomic E-state index is -2.37. The Labute approximate surface area is 199 Å². The van der Waals surface area contributed by atoms with E-state index in [0.717, 1.165) is 0 Å². The third kappa shape index (κ3) is 3.68. The quantitative estimate of drug-likeness (QED) is 0.188. The Bertz CT molecular complexity index is 1570. The molecule has 4 rings (SSSR count). The first-order valence-electron chi connectivity index (χ1n) is 10.4. The molecule has 1 aliphatic carbocycles. The topological polar surface area (TPSA) is 0 Å². The van der Waals surface area contributed by atoms with Crippen LogP contribution in [0.25, 0.3) is 5.57 Å². The number of halogens is 10. The van der Waals surface area contributed by atoms with Crippen LogP contribution in [-0.4, -0.2) is 20.8 Å². The first kappa shape index (κ1) is 26.1. The van der Waals surface area contributed by atoms with E-state index >= 15 is 0 Å². The number of hydrogen-bond acceptors (Lipinski definition) is 0. The second-order valence-corrected chi connectivity index (χ2v) is 10.9. The van der Waals surface area contributed by atoms with Gasteiger partial charge in [0.15, 0.2) is 0 Å². The molecular formula is C24H13BF10Si. The summed E-state index contributed by atoms with van der Waals surface area (Å²) in [4.78, 5) is 0.504. The summed E-state index contributed by atoms with van der Waals surface area (Å²) in [6.07, 6.45) is 0. The Morgan fingerprint density at radius 2 is 1.08 bits per heavy atom. The summed E-state index contributed by atoms with van der Waals surface area (Å²) < 4.78 is 142. The van der Waals surface area contributed by atoms with Gasteiger partial charge in [0.25, 0.3) is 0 Å². The second kappa shape index (κ2) is 9.13. The van der Waals surface area contributed by atoms with Crippen molar-refractivity contribution in [1.29, 1.82) is 0 Å². The summed E-state index contributed by atoms with van der Waals surface area (Å²) in [5, 5.41) is 0.0854. The first-order valence-corrected chi connectivity index (χ1v) is 12.9. The Morgan fingerprint density at radius 3 is 1.56 bits per heavy atom. The predicted molar refractivity (Wildman–Crippen MR) is 116 cm³/mol. The molecule has 0 saturated carbocycles. The third-order valence-electron chi connectivity index (χ3n) is 6.11. The minimum absolute atomic E-state index is 0.0854. The molecule has 0 bridgehead atoms. The number of rotatable bonds is 2. The van der Waals surface area contributed by atoms with Crippen molar-refractivity contribution < 1.29 is 43.9 Å². The zero-order valence-corrected chi connectivity index (χ0v) is 19.7. The van der Waals surface area contributed by atoms with Crippen molar-refractivity contribution in [3.8, 4) is 0 Å². The van der Waals surface area contributed by atoms with Gasteiger partial charge >= 0.3 is 199 Å². The van der Waals surface area contributed by atoms with E-state index < -0.39 is 83.5 Å². The molecule has 12 heteroatoms. The summed E-state index contributed by atoms with van der Waals surface area (Å²) in [6.45, 7) is 5.48. The molecule has 0 nitrogen and oxygen atoms in total. The van der Waals surface area contributed by atoms with Gasteiger partial charge in [0, 0.05) is 0 Å². The molecule has 36 heavy (non-hydrogen) atoms. The van der Waals surface area contributed by atoms with Crippen LogP contribution in [0.4, 0.5) is 43.9 Å². The maximum atomic E-state index is 14.9. The van der Waals surface area contributed by atoms with Gasteiger partial charge in [-0.05, 0) is 0 Å². The van der Waals surface area contributed by atoms with Gasteiger partial charge in [-0.15, -0.1) is 0 Å². The molecular weight excluding hydrogens is 517 g/mol. The maximum absolute atomic E-state index is 14.9. The van der Waals surface area contributed by atoms with E-state index in [2.05, 4.69) is 0 Å². The first-order chi connectivity index (χ1) is 16.8. The van der Waals surface area contributed by atoms with Gasteiger partial charge in [0.05, 0.1) is 0 Å². The molecule has 0 fully saturated rings. The Kier molecular flexibility index (Phi) is 6.61. The van der Waals surface area contributed by atoms with Crippen LogP contribution in [0.5, 0.6) is 0 Å². The van der Waals surface area contributed by atoms with Gasteiger partial charge in [-0.25, -0.2) is 0 Å². The summed E-state index contributed by atoms with van der Waals surface area (Å²) in [6, 6.07) is 4.46. The Hall–Kier alpha value is -3.02. The van der Waals surface area contributed by atoms with Crippen LogP contribution in [-0.2, 0) is 0 Å². The molecule has 0 radical (unpaired) electrons. The fraction of sp³-hybridized carbons (Fsp3) is 0.167. The van der Waals surface area contributed by atoms with Gasteiger partial charge in [-0.1, -0.05) is 0 Å². The molecule has 0 aromatic heterocycles. The van der Waals surface area contributed by atoms with Gasteiger partial charge in [0.2, 0.25) is 0 Å². The fourth-order valence-electron chi connectivity index (χ4n) is 4.39. The standard InChI is InChI=1S/C24H13BF10Si/c1-7-10(12-15(26)19(30)23(34)20(31)16(12)27)11-8(5-4-6-9(11)36(2)3)13(7)25-14-17(28)21(32)24(35)22(33)18(14)29/h4-7H,1-3H3. The van der Waals surface area contributed by atoms with Crippen LogP contribution < -0.4 is 10.7 Å². The molecule has 1 atom stereocenters. The van der Waals surface area contributed by atoms with Crippen molar-refractivity contribution in [2.45, 2.75) is 20.0 Å². The van der Waals surface area contributed by atoms with Crippen molar-refractivity contribution >= 4 is 31.8 Å². The monoisotopic (exact) mass is 530 g/mol. The molecule has 0 heterocycles. The van der Waals surface area contributed by atoms with Crippen molar-refractivity contribution in [3.63, 3.8) is 0 Å². The molecule has 0 N–H and O–H groups in total. The van der Waals surface area contributed by atoms with Crippen molar-refractivity contribution in [3.05, 3.63) is 97.5 Å². The van der Waals surface area contributed by atoms with E-state index in [1.807, 2.05) is 0 Å². The molecule has 1 aliphatic rings. The Balaban J connectivity index is 2.18. The number of benzene rings is 3. The molecule has 0 spiro atoms. The normalized spacial score (nSPS) is 16.0. The fourth-order valence-corrected chi connectivity index (χ4v) is 5.59. The van der Waals surface area contributed by atoms with Gasteiger partial charge < -0.3 is 0 Å². The van der Waals surface area contributed by atoms with E-state index in [-0.39, 0.29) is 21.8 Å². The van der Waals surface area contributed by atoms with Crippen LogP contribution >= 0.6 is 0 Å². The number of fused-ring (bicyclic) bond motifs is 1. The van der Waals surface area contributed by atoms with Crippen LogP contribution in [0, 0.1) is 68.9 Å². The molecule has 3 aromatic rings. The van der Waals surface area contributed by atoms with E-state index in [0.29, 0.717) is 11.7 Å². The van der Waals surface area contributed by atoms with E-state index in [4.69, 9.17) is 0 Å². The van der Waals surface area contributed by atoms with E-state index in [1.54, 1.807) is 19.2 Å². The van der Waals surface area contributed by atoms with Crippen molar-refractivity contribution in [2.24, 2.45) is 5.92 Å². The summed E-state index contributed by atoms with van der Waals surface area (Å²) in [5.74, 6) is -23.2. The SMILES string of the molecule is CC1C(=Bc2c(F)c(F)c(F)c(F)c2F)c2cccc(=[Si](C)C)c2=C1c1c(F)c(F)c(F)c(F)c1F. The van der Waals surface area contributed by atoms with Crippen LogP contribution in [0.2, 0.25) is 13.1 Å². The predicted octanol–water partition coefficient (Wildman–Crippen LogP) is 5.06. The van der Waals surface area contributed by atoms with Crippen LogP contribution in [0.3, 0.4) is 0 Å². The van der Waals surface area contributed by atoms with Crippen LogP contribution in [0.1, 0.15) is 18.1 Å². The average Bonchev–Trinajstić information content (AvgIpc) is 3.12. The molecule has 186 valence electrons. The van der Waals surface area contributed by atoms with Gasteiger partial charge in [0.1, 0.15) is 0 Å². The molecule has 0 aliphatic heterocycles. The third-order valence-corrected chi connectivity index (χ3v) is 7.60. The molecule has 3 aromatic carbocycles. The Morgan fingerprint density at radius 1 is 0.639 bits per heavy atom. The van der Waals surface area contributed by atoms with Crippen molar-refractivity contribution in [2.75, 3.05) is 0 Å². The summed E-state index contributed by atoms with van der Waals surface area (Å²) in [5.41, 5.74) is -2.90. The zero-order valence-electron chi connectivity index (χ0n) is 18.7. The van der Waals surface area contributed by atoms with Gasteiger partial charge in [-0.3, -0.25) is 0 Å². The molecule has 1 unspecified atom stereocenters. The summed E-state index contributed by atoms with van der Waals surface area (Å²) in [7, 11) is -1.45. The van der Waals surface area contributed by atoms with Crippen LogP contribution in [0.15, 0.2) is 18.2 Å². The zero-order chi connectivity index (χ0) is 26.8. The van der Waals surface area contributed by atoms with Gasteiger partial charge in [-0.2, -0.15) is 0 Å². The van der Waals surface area contributed by atoms with Crippen molar-refractivity contribution in [1.82, 2.24) is 0 Å². The summed E-state index contributed by atoms with van der Waals surface area (Å²) >= 11 is 0. The number of hydrogen-bond donors (Lipinski definition) is 0. The van der Waals surface area contributed by atoms with E-state index in [9.17, 15) is 43.9 Å². The van der Waals surface area contributed by atoms with E-state index in [1.165, 1.54) is 19.1 Å². The average molecular weight is 530 g/mol. The molecule has 0 saturated heterocycles. The molecule has 0 amide bonds.